The van der Waals surface area contributed by atoms with Crippen LogP contribution in [0.5, 0.6) is 0 Å². The summed E-state index contributed by atoms with van der Waals surface area (Å²) in [6.07, 6.45) is 1.15. The molecule has 3 N–H and O–H groups in total. The zero-order valence-electron chi connectivity index (χ0n) is 11.6. The first-order chi connectivity index (χ1) is 8.62. The van der Waals surface area contributed by atoms with E-state index in [4.69, 9.17) is 0 Å². The highest BCUT2D eigenvalue weighted by Crippen LogP contribution is 2.20. The van der Waals surface area contributed by atoms with Crippen molar-refractivity contribution in [3.05, 3.63) is 35.4 Å². The summed E-state index contributed by atoms with van der Waals surface area (Å²) in [5, 5.41) is 22.9. The molecule has 0 radical (unpaired) electrons. The highest BCUT2D eigenvalue weighted by molar-refractivity contribution is 5.24. The number of aliphatic hydroxyl groups excluding tert-OH is 2. The molecule has 3 nitrogen and oxygen atoms in total. The molecule has 0 aliphatic carbocycles. The maximum absolute atomic E-state index is 10.4. The largest absolute Gasteiger partial charge is 0.395 e. The first kappa shape index (κ1) is 15.2. The van der Waals surface area contributed by atoms with Gasteiger partial charge in [-0.05, 0) is 25.3 Å². The summed E-state index contributed by atoms with van der Waals surface area (Å²) in [4.78, 5) is 0. The second-order valence-corrected chi connectivity index (χ2v) is 4.82. The van der Waals surface area contributed by atoms with Crippen molar-refractivity contribution in [1.29, 1.82) is 0 Å². The van der Waals surface area contributed by atoms with Crippen molar-refractivity contribution in [3.63, 3.8) is 0 Å². The van der Waals surface area contributed by atoms with Crippen LogP contribution in [0.15, 0.2) is 24.3 Å². The van der Waals surface area contributed by atoms with E-state index in [0.29, 0.717) is 0 Å². The fourth-order valence-corrected chi connectivity index (χ4v) is 2.03. The van der Waals surface area contributed by atoms with Gasteiger partial charge in [0.2, 0.25) is 0 Å². The predicted octanol–water partition coefficient (Wildman–Crippen LogP) is 2.17. The van der Waals surface area contributed by atoms with Crippen molar-refractivity contribution < 1.29 is 10.2 Å². The molecule has 3 heteroatoms. The summed E-state index contributed by atoms with van der Waals surface area (Å²) in [7, 11) is 0. The molecule has 3 unspecified atom stereocenters. The Bertz CT molecular complexity index is 333. The van der Waals surface area contributed by atoms with Gasteiger partial charge in [0.05, 0.1) is 12.7 Å². The van der Waals surface area contributed by atoms with E-state index in [1.54, 1.807) is 0 Å². The van der Waals surface area contributed by atoms with Gasteiger partial charge in [-0.15, -0.1) is 0 Å². The summed E-state index contributed by atoms with van der Waals surface area (Å²) < 4.78 is 0. The third kappa shape index (κ3) is 4.09. The molecule has 0 aromatic heterocycles. The number of benzene rings is 1. The topological polar surface area (TPSA) is 52.5 Å². The third-order valence-corrected chi connectivity index (χ3v) is 3.40. The average molecular weight is 251 g/mol. The summed E-state index contributed by atoms with van der Waals surface area (Å²) >= 11 is 0. The van der Waals surface area contributed by atoms with Crippen LogP contribution in [-0.2, 0) is 0 Å². The van der Waals surface area contributed by atoms with Crippen molar-refractivity contribution in [2.75, 3.05) is 6.61 Å². The van der Waals surface area contributed by atoms with Crippen molar-refractivity contribution in [3.8, 4) is 0 Å². The first-order valence-corrected chi connectivity index (χ1v) is 6.73. The Kier molecular flexibility index (Phi) is 6.33. The van der Waals surface area contributed by atoms with Crippen molar-refractivity contribution in [1.82, 2.24) is 5.32 Å². The minimum atomic E-state index is -0.531. The average Bonchev–Trinajstić information content (AvgIpc) is 2.40. The van der Waals surface area contributed by atoms with Gasteiger partial charge in [-0.2, -0.15) is 0 Å². The number of rotatable bonds is 7. The summed E-state index contributed by atoms with van der Waals surface area (Å²) in [6.45, 7) is 6.20. The van der Waals surface area contributed by atoms with Gasteiger partial charge in [0.1, 0.15) is 0 Å². The van der Waals surface area contributed by atoms with Gasteiger partial charge in [-0.25, -0.2) is 0 Å². The molecule has 0 fully saturated rings. The molecule has 0 aliphatic heterocycles. The third-order valence-electron chi connectivity index (χ3n) is 3.40. The molecule has 0 aliphatic rings. The molecule has 3 atom stereocenters. The van der Waals surface area contributed by atoms with Crippen LogP contribution in [-0.4, -0.2) is 28.9 Å². The van der Waals surface area contributed by atoms with Crippen LogP contribution in [0.25, 0.3) is 0 Å². The summed E-state index contributed by atoms with van der Waals surface area (Å²) in [6, 6.07) is 7.97. The lowest BCUT2D eigenvalue weighted by atomic mass is 9.98. The summed E-state index contributed by atoms with van der Waals surface area (Å²) in [5.41, 5.74) is 2.11. The lowest BCUT2D eigenvalue weighted by Crippen LogP contribution is -2.43. The lowest BCUT2D eigenvalue weighted by molar-refractivity contribution is 0.109. The van der Waals surface area contributed by atoms with Crippen molar-refractivity contribution in [2.45, 2.75) is 51.8 Å². The maximum Gasteiger partial charge on any atom is 0.0942 e. The van der Waals surface area contributed by atoms with E-state index >= 15 is 0 Å². The molecule has 0 heterocycles. The molecule has 1 aromatic rings. The van der Waals surface area contributed by atoms with Crippen LogP contribution in [0, 0.1) is 6.92 Å². The molecular weight excluding hydrogens is 226 g/mol. The van der Waals surface area contributed by atoms with E-state index in [2.05, 4.69) is 5.32 Å². The Labute approximate surface area is 110 Å². The molecule has 18 heavy (non-hydrogen) atoms. The number of aryl methyl sites for hydroxylation is 1. The molecule has 1 rings (SSSR count). The smallest absolute Gasteiger partial charge is 0.0942 e. The Morgan fingerprint density at radius 2 is 1.72 bits per heavy atom. The quantitative estimate of drug-likeness (QED) is 0.696. The number of aliphatic hydroxyl groups is 2. The molecular formula is C15H25NO2. The zero-order chi connectivity index (χ0) is 13.5. The van der Waals surface area contributed by atoms with Gasteiger partial charge in [-0.3, -0.25) is 0 Å². The lowest BCUT2D eigenvalue weighted by Gasteiger charge is -2.27. The minimum absolute atomic E-state index is 0.0233. The molecule has 102 valence electrons. The Morgan fingerprint density at radius 1 is 1.11 bits per heavy atom. The van der Waals surface area contributed by atoms with Crippen molar-refractivity contribution in [2.24, 2.45) is 0 Å². The first-order valence-electron chi connectivity index (χ1n) is 6.73. The molecule has 0 amide bonds. The SMILES string of the molecule is CCC(CO)NC(CC)C(O)c1ccc(C)cc1. The molecule has 0 saturated heterocycles. The second kappa shape index (κ2) is 7.52. The van der Waals surface area contributed by atoms with Crippen molar-refractivity contribution >= 4 is 0 Å². The molecule has 0 spiro atoms. The Balaban J connectivity index is 2.72. The normalized spacial score (nSPS) is 16.3. The zero-order valence-corrected chi connectivity index (χ0v) is 11.6. The van der Waals surface area contributed by atoms with Gasteiger partial charge in [0.25, 0.3) is 0 Å². The van der Waals surface area contributed by atoms with Gasteiger partial charge in [0, 0.05) is 12.1 Å². The van der Waals surface area contributed by atoms with Crippen LogP contribution in [0.3, 0.4) is 0 Å². The van der Waals surface area contributed by atoms with E-state index < -0.39 is 6.10 Å². The van der Waals surface area contributed by atoms with Crippen LogP contribution in [0.1, 0.15) is 43.9 Å². The standard InChI is InChI=1S/C15H25NO2/c1-4-13(10-17)16-14(5-2)15(18)12-8-6-11(3)7-9-12/h6-9,13-18H,4-5,10H2,1-3H3. The Morgan fingerprint density at radius 3 is 2.17 bits per heavy atom. The van der Waals surface area contributed by atoms with Gasteiger partial charge in [-0.1, -0.05) is 43.7 Å². The van der Waals surface area contributed by atoms with Crippen LogP contribution < -0.4 is 5.32 Å². The highest BCUT2D eigenvalue weighted by Gasteiger charge is 2.21. The maximum atomic E-state index is 10.4. The van der Waals surface area contributed by atoms with E-state index in [0.717, 1.165) is 18.4 Å². The number of nitrogens with one attached hydrogen (secondary N) is 1. The Hall–Kier alpha value is -0.900. The highest BCUT2D eigenvalue weighted by atomic mass is 16.3. The van der Waals surface area contributed by atoms with E-state index in [1.807, 2.05) is 45.0 Å². The van der Waals surface area contributed by atoms with Gasteiger partial charge in [0.15, 0.2) is 0 Å². The van der Waals surface area contributed by atoms with E-state index in [-0.39, 0.29) is 18.7 Å². The van der Waals surface area contributed by atoms with E-state index in [9.17, 15) is 10.2 Å². The van der Waals surface area contributed by atoms with Crippen LogP contribution in [0.4, 0.5) is 0 Å². The fourth-order valence-electron chi connectivity index (χ4n) is 2.03. The van der Waals surface area contributed by atoms with Crippen LogP contribution in [0.2, 0.25) is 0 Å². The van der Waals surface area contributed by atoms with Gasteiger partial charge < -0.3 is 15.5 Å². The summed E-state index contributed by atoms with van der Waals surface area (Å²) in [5.74, 6) is 0. The predicted molar refractivity (Wildman–Crippen MR) is 74.5 cm³/mol. The minimum Gasteiger partial charge on any atom is -0.395 e. The molecule has 1 aromatic carbocycles. The van der Waals surface area contributed by atoms with E-state index in [1.165, 1.54) is 5.56 Å². The number of hydrogen-bond donors (Lipinski definition) is 3. The monoisotopic (exact) mass is 251 g/mol. The number of hydrogen-bond acceptors (Lipinski definition) is 3. The fraction of sp³-hybridized carbons (Fsp3) is 0.600. The van der Waals surface area contributed by atoms with Gasteiger partial charge >= 0.3 is 0 Å². The molecule has 0 bridgehead atoms. The van der Waals surface area contributed by atoms with Crippen LogP contribution >= 0.6 is 0 Å². The second-order valence-electron chi connectivity index (χ2n) is 4.82. The molecule has 0 saturated carbocycles.